The highest BCUT2D eigenvalue weighted by Gasteiger charge is 2.20. The van der Waals surface area contributed by atoms with Gasteiger partial charge in [-0.15, -0.1) is 0 Å². The predicted molar refractivity (Wildman–Crippen MR) is 105 cm³/mol. The first-order valence-corrected chi connectivity index (χ1v) is 9.18. The van der Waals surface area contributed by atoms with Gasteiger partial charge in [0.05, 0.1) is 13.2 Å². The molecule has 2 fully saturated rings. The van der Waals surface area contributed by atoms with Crippen molar-refractivity contribution in [1.29, 1.82) is 0 Å². The molecule has 0 amide bonds. The SMILES string of the molecule is CC(C)(C)OC=O.NC1COCCN1c1cccc(N2CCNCC2)c1. The molecule has 0 aliphatic carbocycles. The Morgan fingerprint density at radius 3 is 2.50 bits per heavy atom. The van der Waals surface area contributed by atoms with Crippen molar-refractivity contribution < 1.29 is 14.3 Å². The predicted octanol–water partition coefficient (Wildman–Crippen LogP) is 1.18. The average Bonchev–Trinajstić information content (AvgIpc) is 2.62. The number of ether oxygens (including phenoxy) is 2. The van der Waals surface area contributed by atoms with E-state index in [-0.39, 0.29) is 11.8 Å². The molecule has 0 radical (unpaired) electrons. The van der Waals surface area contributed by atoms with E-state index in [4.69, 9.17) is 10.5 Å². The van der Waals surface area contributed by atoms with Crippen molar-refractivity contribution in [3.8, 4) is 0 Å². The number of piperazine rings is 1. The zero-order valence-electron chi connectivity index (χ0n) is 16.1. The number of anilines is 2. The van der Waals surface area contributed by atoms with Crippen LogP contribution in [0, 0.1) is 0 Å². The van der Waals surface area contributed by atoms with Crippen LogP contribution < -0.4 is 20.9 Å². The summed E-state index contributed by atoms with van der Waals surface area (Å²) in [5, 5.41) is 3.38. The Morgan fingerprint density at radius 1 is 1.23 bits per heavy atom. The van der Waals surface area contributed by atoms with Gasteiger partial charge in [0, 0.05) is 44.1 Å². The number of carbonyl (C=O) groups excluding carboxylic acids is 1. The molecular weight excluding hydrogens is 332 g/mol. The molecule has 2 aliphatic heterocycles. The maximum atomic E-state index is 9.60. The third-order valence-corrected chi connectivity index (χ3v) is 4.21. The van der Waals surface area contributed by atoms with Crippen LogP contribution in [0.15, 0.2) is 24.3 Å². The van der Waals surface area contributed by atoms with E-state index in [1.54, 1.807) is 0 Å². The minimum absolute atomic E-state index is 0.0352. The molecule has 0 aromatic heterocycles. The summed E-state index contributed by atoms with van der Waals surface area (Å²) in [4.78, 5) is 14.3. The van der Waals surface area contributed by atoms with Gasteiger partial charge in [-0.3, -0.25) is 4.79 Å². The molecule has 1 aromatic carbocycles. The Bertz CT molecular complexity index is 556. The van der Waals surface area contributed by atoms with Gasteiger partial charge in [0.15, 0.2) is 0 Å². The monoisotopic (exact) mass is 364 g/mol. The van der Waals surface area contributed by atoms with Crippen molar-refractivity contribution in [2.45, 2.75) is 32.5 Å². The van der Waals surface area contributed by atoms with Crippen LogP contribution in [0.5, 0.6) is 0 Å². The van der Waals surface area contributed by atoms with E-state index >= 15 is 0 Å². The second-order valence-electron chi connectivity index (χ2n) is 7.42. The molecule has 2 heterocycles. The fourth-order valence-corrected chi connectivity index (χ4v) is 2.88. The van der Waals surface area contributed by atoms with E-state index in [1.165, 1.54) is 11.4 Å². The Morgan fingerprint density at radius 2 is 1.92 bits per heavy atom. The molecule has 26 heavy (non-hydrogen) atoms. The highest BCUT2D eigenvalue weighted by Crippen LogP contribution is 2.24. The number of morpholine rings is 1. The number of nitrogens with one attached hydrogen (secondary N) is 1. The maximum absolute atomic E-state index is 9.60. The number of nitrogens with two attached hydrogens (primary N) is 1. The van der Waals surface area contributed by atoms with Crippen LogP contribution in [0.2, 0.25) is 0 Å². The number of hydrogen-bond donors (Lipinski definition) is 2. The highest BCUT2D eigenvalue weighted by molar-refractivity contribution is 5.60. The van der Waals surface area contributed by atoms with Gasteiger partial charge in [0.25, 0.3) is 6.47 Å². The number of rotatable bonds is 3. The molecule has 0 bridgehead atoms. The standard InChI is InChI=1S/C14H22N4O.C5H10O2/c15-14-11-19-9-8-18(14)13-3-1-2-12(10-13)17-6-4-16-5-7-17;1-5(2,3)7-4-6/h1-3,10,14,16H,4-9,11,15H2;4H,1-3H3. The van der Waals surface area contributed by atoms with Gasteiger partial charge in [-0.1, -0.05) is 6.07 Å². The number of nitrogens with zero attached hydrogens (tertiary/aromatic N) is 2. The van der Waals surface area contributed by atoms with E-state index in [2.05, 4.69) is 44.1 Å². The molecule has 7 nitrogen and oxygen atoms in total. The normalized spacial score (nSPS) is 20.8. The number of carbonyl (C=O) groups is 1. The Labute approximate surface area is 156 Å². The summed E-state index contributed by atoms with van der Waals surface area (Å²) in [6.07, 6.45) is -0.0352. The second-order valence-corrected chi connectivity index (χ2v) is 7.42. The van der Waals surface area contributed by atoms with Crippen molar-refractivity contribution in [3.05, 3.63) is 24.3 Å². The largest absolute Gasteiger partial charge is 0.462 e. The first-order valence-electron chi connectivity index (χ1n) is 9.18. The molecule has 2 saturated heterocycles. The summed E-state index contributed by atoms with van der Waals surface area (Å²) < 4.78 is 9.94. The van der Waals surface area contributed by atoms with Crippen molar-refractivity contribution in [3.63, 3.8) is 0 Å². The van der Waals surface area contributed by atoms with Crippen molar-refractivity contribution >= 4 is 17.8 Å². The molecule has 1 aromatic rings. The first kappa shape index (κ1) is 20.5. The third-order valence-electron chi connectivity index (χ3n) is 4.21. The van der Waals surface area contributed by atoms with Crippen LogP contribution in [0.1, 0.15) is 20.8 Å². The maximum Gasteiger partial charge on any atom is 0.293 e. The molecule has 3 N–H and O–H groups in total. The van der Waals surface area contributed by atoms with Gasteiger partial charge >= 0.3 is 0 Å². The summed E-state index contributed by atoms with van der Waals surface area (Å²) >= 11 is 0. The smallest absolute Gasteiger partial charge is 0.293 e. The summed E-state index contributed by atoms with van der Waals surface area (Å²) in [6, 6.07) is 8.68. The van der Waals surface area contributed by atoms with Crippen molar-refractivity contribution in [1.82, 2.24) is 5.32 Å². The van der Waals surface area contributed by atoms with Crippen molar-refractivity contribution in [2.24, 2.45) is 5.73 Å². The fraction of sp³-hybridized carbons (Fsp3) is 0.632. The topological polar surface area (TPSA) is 80.1 Å². The molecule has 0 spiro atoms. The minimum atomic E-state index is -0.318. The number of benzene rings is 1. The molecule has 0 saturated carbocycles. The minimum Gasteiger partial charge on any atom is -0.462 e. The Kier molecular flexibility index (Phi) is 7.68. The van der Waals surface area contributed by atoms with Gasteiger partial charge in [0.1, 0.15) is 11.8 Å². The quantitative estimate of drug-likeness (QED) is 0.780. The molecule has 7 heteroatoms. The molecule has 1 atom stereocenters. The molecular formula is C19H32N4O3. The lowest BCUT2D eigenvalue weighted by molar-refractivity contribution is -0.138. The van der Waals surface area contributed by atoms with Gasteiger partial charge in [-0.05, 0) is 39.0 Å². The summed E-state index contributed by atoms with van der Waals surface area (Å²) in [5.74, 6) is 0. The fourth-order valence-electron chi connectivity index (χ4n) is 2.88. The Hall–Kier alpha value is -1.83. The van der Waals surface area contributed by atoms with Gasteiger partial charge < -0.3 is 30.3 Å². The second kappa shape index (κ2) is 9.75. The highest BCUT2D eigenvalue weighted by atomic mass is 16.5. The van der Waals surface area contributed by atoms with Crippen LogP contribution in [-0.2, 0) is 14.3 Å². The van der Waals surface area contributed by atoms with Gasteiger partial charge in [-0.2, -0.15) is 0 Å². The van der Waals surface area contributed by atoms with E-state index in [0.717, 1.165) is 39.3 Å². The van der Waals surface area contributed by atoms with Crippen LogP contribution in [0.4, 0.5) is 11.4 Å². The Balaban J connectivity index is 0.000000298. The van der Waals surface area contributed by atoms with Gasteiger partial charge in [-0.25, -0.2) is 0 Å². The molecule has 2 aliphatic rings. The zero-order chi connectivity index (χ0) is 19.0. The number of hydrogen-bond acceptors (Lipinski definition) is 7. The average molecular weight is 364 g/mol. The van der Waals surface area contributed by atoms with Crippen LogP contribution >= 0.6 is 0 Å². The van der Waals surface area contributed by atoms with E-state index in [9.17, 15) is 4.79 Å². The van der Waals surface area contributed by atoms with E-state index in [0.29, 0.717) is 13.1 Å². The molecule has 3 rings (SSSR count). The summed E-state index contributed by atoms with van der Waals surface area (Å²) in [6.45, 7) is 12.4. The lowest BCUT2D eigenvalue weighted by Crippen LogP contribution is -2.51. The van der Waals surface area contributed by atoms with Crippen LogP contribution in [0.25, 0.3) is 0 Å². The van der Waals surface area contributed by atoms with Crippen LogP contribution in [0.3, 0.4) is 0 Å². The first-order chi connectivity index (χ1) is 12.4. The molecule has 1 unspecified atom stereocenters. The summed E-state index contributed by atoms with van der Waals surface area (Å²) in [7, 11) is 0. The van der Waals surface area contributed by atoms with Gasteiger partial charge in [0.2, 0.25) is 0 Å². The van der Waals surface area contributed by atoms with E-state index < -0.39 is 0 Å². The molecule has 146 valence electrons. The summed E-state index contributed by atoms with van der Waals surface area (Å²) in [5.41, 5.74) is 8.29. The third kappa shape index (κ3) is 6.48. The zero-order valence-corrected chi connectivity index (χ0v) is 16.1. The lowest BCUT2D eigenvalue weighted by Gasteiger charge is -2.36. The van der Waals surface area contributed by atoms with Crippen molar-refractivity contribution in [2.75, 3.05) is 55.7 Å². The van der Waals surface area contributed by atoms with Crippen LogP contribution in [-0.4, -0.2) is 64.2 Å². The van der Waals surface area contributed by atoms with E-state index in [1.807, 2.05) is 20.8 Å². The lowest BCUT2D eigenvalue weighted by atomic mass is 10.2.